The SMILES string of the molecule is CNC(=O)c1nc(Oc2ccc(NC(N)=O)cc2)nc2cc(F)ccc12. The summed E-state index contributed by atoms with van der Waals surface area (Å²) < 4.78 is 19.1. The summed E-state index contributed by atoms with van der Waals surface area (Å²) in [6.07, 6.45) is 0. The van der Waals surface area contributed by atoms with Crippen LogP contribution in [0.5, 0.6) is 11.8 Å². The lowest BCUT2D eigenvalue weighted by atomic mass is 10.2. The number of primary amides is 1. The first kappa shape index (κ1) is 17.1. The fourth-order valence-electron chi connectivity index (χ4n) is 2.27. The van der Waals surface area contributed by atoms with E-state index < -0.39 is 17.8 Å². The lowest BCUT2D eigenvalue weighted by Gasteiger charge is -2.09. The van der Waals surface area contributed by atoms with Crippen LogP contribution < -0.4 is 21.1 Å². The number of fused-ring (bicyclic) bond motifs is 1. The molecule has 132 valence electrons. The number of ether oxygens (including phenoxy) is 1. The minimum Gasteiger partial charge on any atom is -0.424 e. The zero-order valence-corrected chi connectivity index (χ0v) is 13.6. The molecule has 0 saturated heterocycles. The van der Waals surface area contributed by atoms with Gasteiger partial charge in [-0.25, -0.2) is 9.18 Å². The number of nitrogens with one attached hydrogen (secondary N) is 2. The third-order valence-corrected chi connectivity index (χ3v) is 3.41. The molecular weight excluding hydrogens is 341 g/mol. The number of hydrogen-bond donors (Lipinski definition) is 3. The van der Waals surface area contributed by atoms with E-state index in [1.54, 1.807) is 24.3 Å². The van der Waals surface area contributed by atoms with Gasteiger partial charge in [0.2, 0.25) is 0 Å². The highest BCUT2D eigenvalue weighted by Crippen LogP contribution is 2.24. The fraction of sp³-hybridized carbons (Fsp3) is 0.0588. The molecule has 0 fully saturated rings. The Labute approximate surface area is 147 Å². The lowest BCUT2D eigenvalue weighted by molar-refractivity contribution is 0.0959. The van der Waals surface area contributed by atoms with Crippen molar-refractivity contribution in [1.82, 2.24) is 15.3 Å². The van der Waals surface area contributed by atoms with Crippen molar-refractivity contribution in [3.05, 3.63) is 54.0 Å². The number of halogens is 1. The third-order valence-electron chi connectivity index (χ3n) is 3.41. The fourth-order valence-corrected chi connectivity index (χ4v) is 2.27. The average molecular weight is 355 g/mol. The van der Waals surface area contributed by atoms with Gasteiger partial charge in [0.25, 0.3) is 5.91 Å². The van der Waals surface area contributed by atoms with Crippen LogP contribution in [0.1, 0.15) is 10.5 Å². The second-order valence-corrected chi connectivity index (χ2v) is 5.21. The Hall–Kier alpha value is -3.75. The van der Waals surface area contributed by atoms with Crippen LogP contribution in [0.4, 0.5) is 14.9 Å². The third kappa shape index (κ3) is 3.66. The number of aromatic nitrogens is 2. The van der Waals surface area contributed by atoms with Gasteiger partial charge >= 0.3 is 12.0 Å². The summed E-state index contributed by atoms with van der Waals surface area (Å²) in [4.78, 5) is 31.1. The molecule has 3 rings (SSSR count). The van der Waals surface area contributed by atoms with Crippen LogP contribution in [-0.4, -0.2) is 29.0 Å². The van der Waals surface area contributed by atoms with Gasteiger partial charge in [-0.15, -0.1) is 0 Å². The molecule has 3 amide bonds. The van der Waals surface area contributed by atoms with Crippen LogP contribution in [0.2, 0.25) is 0 Å². The van der Waals surface area contributed by atoms with E-state index in [1.165, 1.54) is 25.2 Å². The van der Waals surface area contributed by atoms with E-state index in [1.807, 2.05) is 0 Å². The molecule has 0 aliphatic heterocycles. The van der Waals surface area contributed by atoms with Crippen molar-refractivity contribution in [2.75, 3.05) is 12.4 Å². The summed E-state index contributed by atoms with van der Waals surface area (Å²) in [7, 11) is 1.46. The van der Waals surface area contributed by atoms with Crippen molar-refractivity contribution in [1.29, 1.82) is 0 Å². The molecule has 3 aromatic rings. The molecule has 8 nitrogen and oxygen atoms in total. The first-order chi connectivity index (χ1) is 12.5. The Morgan fingerprint density at radius 3 is 2.50 bits per heavy atom. The van der Waals surface area contributed by atoms with Gasteiger partial charge in [0.1, 0.15) is 17.3 Å². The largest absolute Gasteiger partial charge is 0.424 e. The Morgan fingerprint density at radius 2 is 1.85 bits per heavy atom. The number of anilines is 1. The number of hydrogen-bond acceptors (Lipinski definition) is 5. The predicted octanol–water partition coefficient (Wildman–Crippen LogP) is 2.41. The van der Waals surface area contributed by atoms with Gasteiger partial charge in [-0.05, 0) is 36.4 Å². The molecule has 1 aromatic heterocycles. The normalized spacial score (nSPS) is 10.4. The Morgan fingerprint density at radius 1 is 1.12 bits per heavy atom. The smallest absolute Gasteiger partial charge is 0.323 e. The first-order valence-corrected chi connectivity index (χ1v) is 7.50. The average Bonchev–Trinajstić information content (AvgIpc) is 2.61. The highest BCUT2D eigenvalue weighted by molar-refractivity contribution is 6.04. The second-order valence-electron chi connectivity index (χ2n) is 5.21. The molecule has 0 unspecified atom stereocenters. The van der Waals surface area contributed by atoms with E-state index >= 15 is 0 Å². The summed E-state index contributed by atoms with van der Waals surface area (Å²) in [5.74, 6) is -0.583. The van der Waals surface area contributed by atoms with E-state index in [-0.39, 0.29) is 17.2 Å². The summed E-state index contributed by atoms with van der Waals surface area (Å²) in [6.45, 7) is 0. The van der Waals surface area contributed by atoms with Crippen molar-refractivity contribution in [3.63, 3.8) is 0 Å². The van der Waals surface area contributed by atoms with Crippen molar-refractivity contribution < 1.29 is 18.7 Å². The predicted molar refractivity (Wildman–Crippen MR) is 92.6 cm³/mol. The van der Waals surface area contributed by atoms with Crippen molar-refractivity contribution in [2.45, 2.75) is 0 Å². The number of amides is 3. The highest BCUT2D eigenvalue weighted by Gasteiger charge is 2.15. The topological polar surface area (TPSA) is 119 Å². The minimum absolute atomic E-state index is 0.0690. The molecule has 9 heteroatoms. The number of rotatable bonds is 4. The van der Waals surface area contributed by atoms with Crippen LogP contribution in [0.15, 0.2) is 42.5 Å². The van der Waals surface area contributed by atoms with Crippen LogP contribution in [0.25, 0.3) is 10.9 Å². The Kier molecular flexibility index (Phi) is 4.61. The van der Waals surface area contributed by atoms with E-state index in [0.29, 0.717) is 16.8 Å². The summed E-state index contributed by atoms with van der Waals surface area (Å²) >= 11 is 0. The zero-order valence-electron chi connectivity index (χ0n) is 13.6. The van der Waals surface area contributed by atoms with Crippen molar-refractivity contribution in [3.8, 4) is 11.8 Å². The Bertz CT molecular complexity index is 992. The first-order valence-electron chi connectivity index (χ1n) is 7.50. The molecule has 0 aliphatic rings. The maximum atomic E-state index is 13.5. The molecule has 0 aliphatic carbocycles. The minimum atomic E-state index is -0.686. The lowest BCUT2D eigenvalue weighted by Crippen LogP contribution is -2.20. The number of urea groups is 1. The Balaban J connectivity index is 1.96. The molecule has 0 saturated carbocycles. The summed E-state index contributed by atoms with van der Waals surface area (Å²) in [5, 5.41) is 5.29. The van der Waals surface area contributed by atoms with E-state index in [9.17, 15) is 14.0 Å². The van der Waals surface area contributed by atoms with Crippen LogP contribution in [-0.2, 0) is 0 Å². The second kappa shape index (κ2) is 7.01. The van der Waals surface area contributed by atoms with E-state index in [4.69, 9.17) is 10.5 Å². The number of carbonyl (C=O) groups is 2. The van der Waals surface area contributed by atoms with E-state index in [2.05, 4.69) is 20.6 Å². The molecule has 0 atom stereocenters. The number of benzene rings is 2. The van der Waals surface area contributed by atoms with Crippen LogP contribution in [0.3, 0.4) is 0 Å². The van der Waals surface area contributed by atoms with Gasteiger partial charge in [-0.2, -0.15) is 9.97 Å². The quantitative estimate of drug-likeness (QED) is 0.664. The number of carbonyl (C=O) groups excluding carboxylic acids is 2. The molecule has 4 N–H and O–H groups in total. The summed E-state index contributed by atoms with van der Waals surface area (Å²) in [5.41, 5.74) is 5.83. The molecule has 26 heavy (non-hydrogen) atoms. The van der Waals surface area contributed by atoms with Crippen LogP contribution in [0, 0.1) is 5.82 Å². The molecule has 0 radical (unpaired) electrons. The van der Waals surface area contributed by atoms with Crippen LogP contribution >= 0.6 is 0 Å². The van der Waals surface area contributed by atoms with Crippen molar-refractivity contribution in [2.24, 2.45) is 5.73 Å². The van der Waals surface area contributed by atoms with Gasteiger partial charge in [0.15, 0.2) is 0 Å². The van der Waals surface area contributed by atoms with Gasteiger partial charge in [0, 0.05) is 24.2 Å². The maximum absolute atomic E-state index is 13.5. The van der Waals surface area contributed by atoms with Gasteiger partial charge in [0.05, 0.1) is 5.52 Å². The highest BCUT2D eigenvalue weighted by atomic mass is 19.1. The molecule has 0 bridgehead atoms. The standard InChI is InChI=1S/C17H14FN5O3/c1-20-15(24)14-12-7-2-9(18)8-13(12)22-17(23-14)26-11-5-3-10(4-6-11)21-16(19)25/h2-8H,1H3,(H,20,24)(H3,19,21,25). The molecule has 1 heterocycles. The van der Waals surface area contributed by atoms with Gasteiger partial charge in [-0.3, -0.25) is 4.79 Å². The molecule has 2 aromatic carbocycles. The maximum Gasteiger partial charge on any atom is 0.323 e. The monoisotopic (exact) mass is 355 g/mol. The number of nitrogens with two attached hydrogens (primary N) is 1. The number of nitrogens with zero attached hydrogens (tertiary/aromatic N) is 2. The zero-order chi connectivity index (χ0) is 18.7. The van der Waals surface area contributed by atoms with Gasteiger partial charge in [-0.1, -0.05) is 0 Å². The van der Waals surface area contributed by atoms with E-state index in [0.717, 1.165) is 0 Å². The summed E-state index contributed by atoms with van der Waals surface area (Å²) in [6, 6.07) is 9.31. The molecular formula is C17H14FN5O3. The van der Waals surface area contributed by atoms with Crippen molar-refractivity contribution >= 4 is 28.5 Å². The van der Waals surface area contributed by atoms with Gasteiger partial charge < -0.3 is 21.1 Å². The molecule has 0 spiro atoms.